The van der Waals surface area contributed by atoms with Crippen LogP contribution in [0.2, 0.25) is 0 Å². The van der Waals surface area contributed by atoms with E-state index in [1.165, 1.54) is 18.2 Å². The quantitative estimate of drug-likeness (QED) is 0.861. The summed E-state index contributed by atoms with van der Waals surface area (Å²) in [6.07, 6.45) is 0. The van der Waals surface area contributed by atoms with E-state index in [0.717, 1.165) is 0 Å². The molecule has 0 aliphatic carbocycles. The summed E-state index contributed by atoms with van der Waals surface area (Å²) < 4.78 is 26.6. The number of anilines is 1. The Bertz CT molecular complexity index is 728. The summed E-state index contributed by atoms with van der Waals surface area (Å²) in [5.41, 5.74) is 6.77. The molecule has 6 heteroatoms. The lowest BCUT2D eigenvalue weighted by Gasteiger charge is -2.07. The van der Waals surface area contributed by atoms with Gasteiger partial charge in [-0.25, -0.2) is 4.39 Å². The van der Waals surface area contributed by atoms with Crippen molar-refractivity contribution in [3.05, 3.63) is 57.8 Å². The predicted octanol–water partition coefficient (Wildman–Crippen LogP) is 3.35. The van der Waals surface area contributed by atoms with Gasteiger partial charge in [-0.2, -0.15) is 5.26 Å². The highest BCUT2D eigenvalue weighted by atomic mass is 79.9. The van der Waals surface area contributed by atoms with Gasteiger partial charge in [-0.05, 0) is 52.3 Å². The van der Waals surface area contributed by atoms with E-state index in [1.54, 1.807) is 18.2 Å². The van der Waals surface area contributed by atoms with Crippen LogP contribution in [0.5, 0.6) is 0 Å². The third-order valence-electron chi connectivity index (χ3n) is 2.66. The van der Waals surface area contributed by atoms with Gasteiger partial charge in [0, 0.05) is 15.7 Å². The summed E-state index contributed by atoms with van der Waals surface area (Å²) in [4.78, 5) is 0.543. The molecular formula is C14H10BrFN2OS. The van der Waals surface area contributed by atoms with Gasteiger partial charge in [0.05, 0.1) is 33.1 Å². The molecule has 0 saturated heterocycles. The van der Waals surface area contributed by atoms with Crippen LogP contribution >= 0.6 is 15.9 Å². The number of nitriles is 1. The first-order valence-electron chi connectivity index (χ1n) is 5.63. The third kappa shape index (κ3) is 3.24. The summed E-state index contributed by atoms with van der Waals surface area (Å²) in [5, 5.41) is 8.81. The second-order valence-electron chi connectivity index (χ2n) is 4.10. The van der Waals surface area contributed by atoms with Crippen LogP contribution < -0.4 is 5.73 Å². The Morgan fingerprint density at radius 2 is 2.05 bits per heavy atom. The zero-order valence-corrected chi connectivity index (χ0v) is 12.7. The molecule has 0 bridgehead atoms. The first-order valence-corrected chi connectivity index (χ1v) is 7.74. The second kappa shape index (κ2) is 6.16. The largest absolute Gasteiger partial charge is 0.399 e. The molecule has 0 aliphatic heterocycles. The average molecular weight is 353 g/mol. The van der Waals surface area contributed by atoms with Crippen molar-refractivity contribution in [2.75, 3.05) is 5.73 Å². The molecule has 3 nitrogen and oxygen atoms in total. The van der Waals surface area contributed by atoms with E-state index in [0.29, 0.717) is 20.6 Å². The first-order chi connectivity index (χ1) is 9.51. The van der Waals surface area contributed by atoms with E-state index in [9.17, 15) is 8.60 Å². The topological polar surface area (TPSA) is 66.9 Å². The molecule has 1 unspecified atom stereocenters. The van der Waals surface area contributed by atoms with Crippen molar-refractivity contribution < 1.29 is 8.60 Å². The molecule has 0 spiro atoms. The van der Waals surface area contributed by atoms with Crippen molar-refractivity contribution in [1.29, 1.82) is 5.26 Å². The lowest BCUT2D eigenvalue weighted by Crippen LogP contribution is -2.01. The number of nitrogen functional groups attached to an aromatic ring is 1. The Hall–Kier alpha value is -1.71. The van der Waals surface area contributed by atoms with Crippen LogP contribution in [0.4, 0.5) is 10.1 Å². The van der Waals surface area contributed by atoms with Gasteiger partial charge in [0.1, 0.15) is 5.82 Å². The van der Waals surface area contributed by atoms with Crippen LogP contribution in [0, 0.1) is 17.1 Å². The molecular weight excluding hydrogens is 343 g/mol. The molecule has 0 saturated carbocycles. The number of rotatable bonds is 3. The van der Waals surface area contributed by atoms with E-state index in [2.05, 4.69) is 15.9 Å². The van der Waals surface area contributed by atoms with Crippen LogP contribution in [0.25, 0.3) is 0 Å². The van der Waals surface area contributed by atoms with Crippen molar-refractivity contribution in [2.24, 2.45) is 0 Å². The first kappa shape index (κ1) is 14.7. The molecule has 0 aromatic heterocycles. The minimum atomic E-state index is -1.43. The van der Waals surface area contributed by atoms with Crippen LogP contribution in [0.1, 0.15) is 11.1 Å². The van der Waals surface area contributed by atoms with Gasteiger partial charge in [0.25, 0.3) is 0 Å². The van der Waals surface area contributed by atoms with E-state index in [1.807, 2.05) is 6.07 Å². The highest BCUT2D eigenvalue weighted by Crippen LogP contribution is 2.25. The Morgan fingerprint density at radius 1 is 1.30 bits per heavy atom. The molecule has 2 rings (SSSR count). The minimum Gasteiger partial charge on any atom is -0.399 e. The lowest BCUT2D eigenvalue weighted by atomic mass is 10.1. The van der Waals surface area contributed by atoms with Crippen molar-refractivity contribution >= 4 is 32.4 Å². The van der Waals surface area contributed by atoms with Gasteiger partial charge in [0.15, 0.2) is 0 Å². The zero-order chi connectivity index (χ0) is 14.7. The molecule has 0 fully saturated rings. The highest BCUT2D eigenvalue weighted by molar-refractivity contribution is 9.10. The highest BCUT2D eigenvalue weighted by Gasteiger charge is 2.13. The molecule has 0 amide bonds. The normalized spacial score (nSPS) is 11.8. The number of hydrogen-bond acceptors (Lipinski definition) is 3. The Kier molecular flexibility index (Phi) is 4.53. The fourth-order valence-electron chi connectivity index (χ4n) is 1.68. The molecule has 0 heterocycles. The zero-order valence-electron chi connectivity index (χ0n) is 10.3. The summed E-state index contributed by atoms with van der Waals surface area (Å²) in [6, 6.07) is 10.9. The molecule has 2 N–H and O–H groups in total. The van der Waals surface area contributed by atoms with Gasteiger partial charge < -0.3 is 5.73 Å². The maximum absolute atomic E-state index is 13.7. The number of nitrogens with two attached hydrogens (primary N) is 1. The van der Waals surface area contributed by atoms with Gasteiger partial charge in [-0.1, -0.05) is 0 Å². The van der Waals surface area contributed by atoms with E-state index >= 15 is 0 Å². The summed E-state index contributed by atoms with van der Waals surface area (Å²) >= 11 is 3.29. The van der Waals surface area contributed by atoms with Gasteiger partial charge in [-0.15, -0.1) is 0 Å². The third-order valence-corrected chi connectivity index (χ3v) is 5.00. The maximum atomic E-state index is 13.7. The standard InChI is InChI=1S/C14H10BrFN2OS/c15-12-6-11(18)2-4-14(12)20(19)8-10-5-9(7-17)1-3-13(10)16/h1-6H,8,18H2. The van der Waals surface area contributed by atoms with Crippen LogP contribution in [-0.4, -0.2) is 4.21 Å². The van der Waals surface area contributed by atoms with Crippen molar-refractivity contribution in [1.82, 2.24) is 0 Å². The van der Waals surface area contributed by atoms with Crippen LogP contribution in [-0.2, 0) is 16.6 Å². The number of halogens is 2. The Morgan fingerprint density at radius 3 is 2.70 bits per heavy atom. The van der Waals surface area contributed by atoms with E-state index < -0.39 is 16.6 Å². The molecule has 102 valence electrons. The summed E-state index contributed by atoms with van der Waals surface area (Å²) in [5.74, 6) is -0.465. The predicted molar refractivity (Wildman–Crippen MR) is 79.8 cm³/mol. The smallest absolute Gasteiger partial charge is 0.127 e. The molecule has 1 atom stereocenters. The monoisotopic (exact) mass is 352 g/mol. The number of nitrogens with zero attached hydrogens (tertiary/aromatic N) is 1. The Labute approximate surface area is 126 Å². The summed E-state index contributed by atoms with van der Waals surface area (Å²) in [7, 11) is -1.43. The van der Waals surface area contributed by atoms with Crippen molar-refractivity contribution in [3.8, 4) is 6.07 Å². The Balaban J connectivity index is 2.30. The number of hydrogen-bond donors (Lipinski definition) is 1. The van der Waals surface area contributed by atoms with E-state index in [-0.39, 0.29) is 11.3 Å². The fourth-order valence-corrected chi connectivity index (χ4v) is 3.77. The molecule has 2 aromatic carbocycles. The fraction of sp³-hybridized carbons (Fsp3) is 0.0714. The molecule has 20 heavy (non-hydrogen) atoms. The van der Waals surface area contributed by atoms with Crippen molar-refractivity contribution in [2.45, 2.75) is 10.6 Å². The molecule has 0 radical (unpaired) electrons. The minimum absolute atomic E-state index is 0.00384. The van der Waals surface area contributed by atoms with Gasteiger partial charge >= 0.3 is 0 Å². The lowest BCUT2D eigenvalue weighted by molar-refractivity contribution is 0.615. The maximum Gasteiger partial charge on any atom is 0.127 e. The summed E-state index contributed by atoms with van der Waals surface area (Å²) in [6.45, 7) is 0. The second-order valence-corrected chi connectivity index (χ2v) is 6.37. The SMILES string of the molecule is N#Cc1ccc(F)c(CS(=O)c2ccc(N)cc2Br)c1. The van der Waals surface area contributed by atoms with Crippen LogP contribution in [0.15, 0.2) is 45.8 Å². The van der Waals surface area contributed by atoms with Gasteiger partial charge in [-0.3, -0.25) is 4.21 Å². The van der Waals surface area contributed by atoms with Crippen LogP contribution in [0.3, 0.4) is 0 Å². The molecule has 2 aromatic rings. The molecule has 0 aliphatic rings. The van der Waals surface area contributed by atoms with Crippen molar-refractivity contribution in [3.63, 3.8) is 0 Å². The van der Waals surface area contributed by atoms with E-state index in [4.69, 9.17) is 11.0 Å². The average Bonchev–Trinajstić information content (AvgIpc) is 2.41. The van der Waals surface area contributed by atoms with Gasteiger partial charge in [0.2, 0.25) is 0 Å². The number of benzene rings is 2.